The van der Waals surface area contributed by atoms with Crippen LogP contribution in [0.2, 0.25) is 0 Å². The van der Waals surface area contributed by atoms with E-state index in [1.54, 1.807) is 17.7 Å². The third-order valence-electron chi connectivity index (χ3n) is 2.82. The Hall–Kier alpha value is -1.21. The van der Waals surface area contributed by atoms with Gasteiger partial charge in [-0.1, -0.05) is 0 Å². The van der Waals surface area contributed by atoms with Crippen molar-refractivity contribution in [2.45, 2.75) is 33.7 Å². The minimum Gasteiger partial charge on any atom is -0.369 e. The summed E-state index contributed by atoms with van der Waals surface area (Å²) in [6, 6.07) is 0.155. The van der Waals surface area contributed by atoms with E-state index < -0.39 is 0 Å². The van der Waals surface area contributed by atoms with Gasteiger partial charge < -0.3 is 10.6 Å². The van der Waals surface area contributed by atoms with Crippen LogP contribution < -0.4 is 10.6 Å². The molecule has 2 aromatic heterocycles. The van der Waals surface area contributed by atoms with Crippen molar-refractivity contribution in [1.29, 1.82) is 0 Å². The summed E-state index contributed by atoms with van der Waals surface area (Å²) >= 11 is 5.26. The van der Waals surface area contributed by atoms with E-state index in [1.807, 2.05) is 20.8 Å². The highest BCUT2D eigenvalue weighted by molar-refractivity contribution is 9.10. The standard InChI is InChI=1S/C13H18BrN5S/c1-5-15-12-10(14)13(17-6-16-12)19-8(3)11-7(2)18-9(4)20-11/h6,8H,5H2,1-4H3,(H2,15,16,17,19). The molecular formula is C13H18BrN5S. The number of rotatable bonds is 5. The SMILES string of the molecule is CCNc1ncnc(NC(C)c2sc(C)nc2C)c1Br. The van der Waals surface area contributed by atoms with Crippen LogP contribution >= 0.6 is 27.3 Å². The molecule has 0 aromatic carbocycles. The molecule has 0 radical (unpaired) electrons. The fraction of sp³-hybridized carbons (Fsp3) is 0.462. The van der Waals surface area contributed by atoms with Crippen molar-refractivity contribution in [3.8, 4) is 0 Å². The van der Waals surface area contributed by atoms with Crippen LogP contribution in [0, 0.1) is 13.8 Å². The van der Waals surface area contributed by atoms with Gasteiger partial charge in [0.05, 0.1) is 16.7 Å². The second kappa shape index (κ2) is 6.49. The largest absolute Gasteiger partial charge is 0.369 e. The number of halogens is 1. The predicted molar refractivity (Wildman–Crippen MR) is 87.5 cm³/mol. The molecule has 0 amide bonds. The number of aromatic nitrogens is 3. The number of nitrogens with zero attached hydrogens (tertiary/aromatic N) is 3. The van der Waals surface area contributed by atoms with E-state index in [4.69, 9.17) is 0 Å². The van der Waals surface area contributed by atoms with Crippen LogP contribution in [0.5, 0.6) is 0 Å². The zero-order valence-corrected chi connectivity index (χ0v) is 14.4. The molecular weight excluding hydrogens is 338 g/mol. The smallest absolute Gasteiger partial charge is 0.146 e. The molecule has 0 aliphatic carbocycles. The Morgan fingerprint density at radius 3 is 2.60 bits per heavy atom. The molecule has 2 aromatic rings. The molecule has 2 heterocycles. The number of hydrogen-bond donors (Lipinski definition) is 2. The third-order valence-corrected chi connectivity index (χ3v) is 4.83. The van der Waals surface area contributed by atoms with Crippen LogP contribution in [0.1, 0.15) is 35.5 Å². The van der Waals surface area contributed by atoms with Gasteiger partial charge in [0.1, 0.15) is 22.4 Å². The van der Waals surface area contributed by atoms with E-state index in [-0.39, 0.29) is 6.04 Å². The average molecular weight is 356 g/mol. The number of hydrogen-bond acceptors (Lipinski definition) is 6. The molecule has 0 fully saturated rings. The van der Waals surface area contributed by atoms with Crippen LogP contribution in [-0.4, -0.2) is 21.5 Å². The summed E-state index contributed by atoms with van der Waals surface area (Å²) in [5.41, 5.74) is 1.07. The Balaban J connectivity index is 2.21. The van der Waals surface area contributed by atoms with E-state index in [9.17, 15) is 0 Å². The van der Waals surface area contributed by atoms with Crippen molar-refractivity contribution in [1.82, 2.24) is 15.0 Å². The summed E-state index contributed by atoms with van der Waals surface area (Å²) in [6.07, 6.45) is 1.56. The number of anilines is 2. The first-order valence-electron chi connectivity index (χ1n) is 6.47. The summed E-state index contributed by atoms with van der Waals surface area (Å²) in [4.78, 5) is 14.2. The Labute approximate surface area is 131 Å². The minimum absolute atomic E-state index is 0.155. The normalized spacial score (nSPS) is 12.2. The molecule has 0 aliphatic heterocycles. The number of nitrogens with one attached hydrogen (secondary N) is 2. The van der Waals surface area contributed by atoms with Gasteiger partial charge >= 0.3 is 0 Å². The zero-order chi connectivity index (χ0) is 14.7. The average Bonchev–Trinajstić information content (AvgIpc) is 2.73. The monoisotopic (exact) mass is 355 g/mol. The first-order valence-corrected chi connectivity index (χ1v) is 8.08. The minimum atomic E-state index is 0.155. The molecule has 108 valence electrons. The third kappa shape index (κ3) is 3.27. The Morgan fingerprint density at radius 1 is 1.30 bits per heavy atom. The molecule has 2 N–H and O–H groups in total. The van der Waals surface area contributed by atoms with E-state index in [2.05, 4.69) is 48.4 Å². The van der Waals surface area contributed by atoms with Crippen molar-refractivity contribution in [3.63, 3.8) is 0 Å². The lowest BCUT2D eigenvalue weighted by molar-refractivity contribution is 0.875. The quantitative estimate of drug-likeness (QED) is 0.850. The van der Waals surface area contributed by atoms with Gasteiger partial charge in [0.15, 0.2) is 0 Å². The van der Waals surface area contributed by atoms with Crippen LogP contribution in [0.25, 0.3) is 0 Å². The molecule has 7 heteroatoms. The van der Waals surface area contributed by atoms with Crippen LogP contribution in [-0.2, 0) is 0 Å². The van der Waals surface area contributed by atoms with E-state index in [0.717, 1.165) is 33.4 Å². The molecule has 2 rings (SSSR count). The van der Waals surface area contributed by atoms with Crippen molar-refractivity contribution in [2.75, 3.05) is 17.2 Å². The van der Waals surface area contributed by atoms with Crippen LogP contribution in [0.3, 0.4) is 0 Å². The topological polar surface area (TPSA) is 62.7 Å². The fourth-order valence-electron chi connectivity index (χ4n) is 1.98. The van der Waals surface area contributed by atoms with E-state index in [1.165, 1.54) is 4.88 Å². The van der Waals surface area contributed by atoms with Crippen molar-refractivity contribution in [3.05, 3.63) is 26.4 Å². The summed E-state index contributed by atoms with van der Waals surface area (Å²) in [6.45, 7) is 9.03. The Morgan fingerprint density at radius 2 is 2.00 bits per heavy atom. The molecule has 0 aliphatic rings. The summed E-state index contributed by atoms with van der Waals surface area (Å²) in [5, 5.41) is 7.69. The van der Waals surface area contributed by atoms with Gasteiger partial charge in [0.2, 0.25) is 0 Å². The van der Waals surface area contributed by atoms with Gasteiger partial charge in [-0.3, -0.25) is 0 Å². The molecule has 0 bridgehead atoms. The van der Waals surface area contributed by atoms with Crippen molar-refractivity contribution in [2.24, 2.45) is 0 Å². The Bertz CT molecular complexity index is 598. The molecule has 0 spiro atoms. The lowest BCUT2D eigenvalue weighted by Gasteiger charge is -2.16. The summed E-state index contributed by atoms with van der Waals surface area (Å²) < 4.78 is 0.854. The summed E-state index contributed by atoms with van der Waals surface area (Å²) in [5.74, 6) is 1.59. The number of aryl methyl sites for hydroxylation is 2. The second-order valence-electron chi connectivity index (χ2n) is 4.46. The second-order valence-corrected chi connectivity index (χ2v) is 6.49. The molecule has 5 nitrogen and oxygen atoms in total. The van der Waals surface area contributed by atoms with Gasteiger partial charge in [-0.2, -0.15) is 0 Å². The lowest BCUT2D eigenvalue weighted by Crippen LogP contribution is -2.10. The highest BCUT2D eigenvalue weighted by Crippen LogP contribution is 2.31. The lowest BCUT2D eigenvalue weighted by atomic mass is 10.2. The number of thiazole rings is 1. The Kier molecular flexibility index (Phi) is 4.93. The summed E-state index contributed by atoms with van der Waals surface area (Å²) in [7, 11) is 0. The molecule has 0 saturated carbocycles. The first kappa shape index (κ1) is 15.2. The van der Waals surface area contributed by atoms with Gasteiger partial charge in [0.25, 0.3) is 0 Å². The molecule has 0 saturated heterocycles. The van der Waals surface area contributed by atoms with Gasteiger partial charge in [-0.05, 0) is 43.6 Å². The van der Waals surface area contributed by atoms with Gasteiger partial charge in [-0.25, -0.2) is 15.0 Å². The fourth-order valence-corrected chi connectivity index (χ4v) is 3.37. The van der Waals surface area contributed by atoms with Crippen molar-refractivity contribution >= 4 is 38.9 Å². The molecule has 1 atom stereocenters. The first-order chi connectivity index (χ1) is 9.52. The molecule has 20 heavy (non-hydrogen) atoms. The van der Waals surface area contributed by atoms with Crippen LogP contribution in [0.15, 0.2) is 10.8 Å². The van der Waals surface area contributed by atoms with Crippen LogP contribution in [0.4, 0.5) is 11.6 Å². The van der Waals surface area contributed by atoms with Crippen molar-refractivity contribution < 1.29 is 0 Å². The maximum atomic E-state index is 4.46. The molecule has 1 unspecified atom stereocenters. The maximum Gasteiger partial charge on any atom is 0.146 e. The zero-order valence-electron chi connectivity index (χ0n) is 12.0. The van der Waals surface area contributed by atoms with E-state index in [0.29, 0.717) is 0 Å². The highest BCUT2D eigenvalue weighted by atomic mass is 79.9. The predicted octanol–water partition coefficient (Wildman–Crippen LogP) is 3.92. The van der Waals surface area contributed by atoms with E-state index >= 15 is 0 Å². The highest BCUT2D eigenvalue weighted by Gasteiger charge is 2.16. The maximum absolute atomic E-state index is 4.46. The van der Waals surface area contributed by atoms with Gasteiger partial charge in [0, 0.05) is 11.4 Å². The van der Waals surface area contributed by atoms with Gasteiger partial charge in [-0.15, -0.1) is 11.3 Å².